The SMILES string of the molecule is C[C@H](CC[C@H]1C(CO)=CC(=O)CC1(C)C)O[C@@H]1O[C@H](CO)[C@@H](O)[C@H](O)[C@H]1O. The highest BCUT2D eigenvalue weighted by Crippen LogP contribution is 2.42. The molecule has 2 aliphatic rings. The molecule has 0 amide bonds. The normalized spacial score (nSPS) is 37.8. The summed E-state index contributed by atoms with van der Waals surface area (Å²) in [7, 11) is 0. The Morgan fingerprint density at radius 3 is 2.48 bits per heavy atom. The van der Waals surface area contributed by atoms with Gasteiger partial charge in [0.15, 0.2) is 12.1 Å². The van der Waals surface area contributed by atoms with Crippen molar-refractivity contribution in [3.05, 3.63) is 11.6 Å². The highest BCUT2D eigenvalue weighted by Gasteiger charge is 2.44. The minimum Gasteiger partial charge on any atom is -0.394 e. The molecular weight excluding hydrogens is 356 g/mol. The number of carbonyl (C=O) groups is 1. The molecule has 0 aromatic carbocycles. The van der Waals surface area contributed by atoms with Gasteiger partial charge in [0.05, 0.1) is 19.3 Å². The van der Waals surface area contributed by atoms with Gasteiger partial charge in [-0.2, -0.15) is 0 Å². The second-order valence-electron chi connectivity index (χ2n) is 8.28. The smallest absolute Gasteiger partial charge is 0.186 e. The summed E-state index contributed by atoms with van der Waals surface area (Å²) in [4.78, 5) is 11.8. The Morgan fingerprint density at radius 1 is 1.22 bits per heavy atom. The molecule has 1 heterocycles. The van der Waals surface area contributed by atoms with E-state index in [0.717, 1.165) is 5.57 Å². The van der Waals surface area contributed by atoms with Crippen molar-refractivity contribution in [2.24, 2.45) is 11.3 Å². The first-order chi connectivity index (χ1) is 12.6. The largest absolute Gasteiger partial charge is 0.394 e. The maximum atomic E-state index is 11.8. The van der Waals surface area contributed by atoms with E-state index in [1.54, 1.807) is 6.92 Å². The molecule has 2 rings (SSSR count). The van der Waals surface area contributed by atoms with Crippen LogP contribution in [0.15, 0.2) is 11.6 Å². The summed E-state index contributed by atoms with van der Waals surface area (Å²) in [5, 5.41) is 48.5. The molecule has 27 heavy (non-hydrogen) atoms. The lowest BCUT2D eigenvalue weighted by Crippen LogP contribution is -2.59. The van der Waals surface area contributed by atoms with Crippen molar-refractivity contribution < 1.29 is 39.8 Å². The first-order valence-corrected chi connectivity index (χ1v) is 9.40. The van der Waals surface area contributed by atoms with Crippen molar-refractivity contribution in [2.45, 2.75) is 76.8 Å². The fourth-order valence-corrected chi connectivity index (χ4v) is 4.04. The van der Waals surface area contributed by atoms with Gasteiger partial charge in [0.2, 0.25) is 0 Å². The molecule has 0 aromatic heterocycles. The van der Waals surface area contributed by atoms with Crippen LogP contribution in [0.5, 0.6) is 0 Å². The monoisotopic (exact) mass is 388 g/mol. The third kappa shape index (κ3) is 5.14. The summed E-state index contributed by atoms with van der Waals surface area (Å²) >= 11 is 0. The van der Waals surface area contributed by atoms with Crippen LogP contribution in [-0.2, 0) is 14.3 Å². The van der Waals surface area contributed by atoms with E-state index in [4.69, 9.17) is 9.47 Å². The van der Waals surface area contributed by atoms with Gasteiger partial charge in [0, 0.05) is 6.42 Å². The number of ketones is 1. The van der Waals surface area contributed by atoms with Crippen molar-refractivity contribution in [1.82, 2.24) is 0 Å². The van der Waals surface area contributed by atoms with E-state index in [1.165, 1.54) is 6.08 Å². The highest BCUT2D eigenvalue weighted by atomic mass is 16.7. The van der Waals surface area contributed by atoms with Crippen LogP contribution in [0.1, 0.15) is 40.0 Å². The summed E-state index contributed by atoms with van der Waals surface area (Å²) < 4.78 is 11.1. The van der Waals surface area contributed by atoms with E-state index in [0.29, 0.717) is 19.3 Å². The molecule has 0 saturated carbocycles. The number of ether oxygens (including phenoxy) is 2. The molecule has 8 nitrogen and oxygen atoms in total. The van der Waals surface area contributed by atoms with Crippen LogP contribution in [0.4, 0.5) is 0 Å². The maximum Gasteiger partial charge on any atom is 0.186 e. The van der Waals surface area contributed by atoms with Crippen molar-refractivity contribution in [2.75, 3.05) is 13.2 Å². The van der Waals surface area contributed by atoms with E-state index < -0.39 is 37.3 Å². The van der Waals surface area contributed by atoms with E-state index in [-0.39, 0.29) is 29.8 Å². The lowest BCUT2D eigenvalue weighted by Gasteiger charge is -2.41. The van der Waals surface area contributed by atoms with E-state index in [9.17, 15) is 30.3 Å². The van der Waals surface area contributed by atoms with Gasteiger partial charge in [-0.25, -0.2) is 0 Å². The Bertz CT molecular complexity index is 544. The van der Waals surface area contributed by atoms with Crippen LogP contribution in [0.2, 0.25) is 0 Å². The topological polar surface area (TPSA) is 137 Å². The maximum absolute atomic E-state index is 11.8. The van der Waals surface area contributed by atoms with Crippen LogP contribution in [0, 0.1) is 11.3 Å². The minimum atomic E-state index is -1.47. The van der Waals surface area contributed by atoms with Crippen LogP contribution in [0.25, 0.3) is 0 Å². The Balaban J connectivity index is 1.96. The lowest BCUT2D eigenvalue weighted by atomic mass is 9.66. The molecule has 0 unspecified atom stereocenters. The number of rotatable bonds is 7. The van der Waals surface area contributed by atoms with E-state index >= 15 is 0 Å². The minimum absolute atomic E-state index is 0.0194. The molecule has 156 valence electrons. The third-order valence-corrected chi connectivity index (χ3v) is 5.63. The number of aliphatic hydroxyl groups is 5. The summed E-state index contributed by atoms with van der Waals surface area (Å²) in [6, 6.07) is 0. The van der Waals surface area contributed by atoms with Crippen LogP contribution < -0.4 is 0 Å². The van der Waals surface area contributed by atoms with Crippen LogP contribution in [-0.4, -0.2) is 81.3 Å². The molecule has 1 aliphatic heterocycles. The standard InChI is InChI=1S/C19H32O8/c1-10(26-18-17(25)16(24)15(23)14(9-21)27-18)4-5-13-11(8-20)6-12(22)7-19(13,2)3/h6,10,13-18,20-21,23-25H,4-5,7-9H2,1-3H3/t10-,13+,14-,15-,16+,17-,18-/m1/s1. The fourth-order valence-electron chi connectivity index (χ4n) is 4.04. The number of hydrogen-bond donors (Lipinski definition) is 5. The van der Waals surface area contributed by atoms with Gasteiger partial charge in [0.1, 0.15) is 24.4 Å². The molecule has 0 spiro atoms. The summed E-state index contributed by atoms with van der Waals surface area (Å²) in [5.74, 6) is 0.0481. The van der Waals surface area contributed by atoms with Gasteiger partial charge in [-0.15, -0.1) is 0 Å². The van der Waals surface area contributed by atoms with E-state index in [2.05, 4.69) is 0 Å². The fraction of sp³-hybridized carbons (Fsp3) is 0.842. The zero-order valence-corrected chi connectivity index (χ0v) is 16.1. The first-order valence-electron chi connectivity index (χ1n) is 9.40. The van der Waals surface area contributed by atoms with Crippen molar-refractivity contribution in [1.29, 1.82) is 0 Å². The number of allylic oxidation sites excluding steroid dienone is 1. The second kappa shape index (κ2) is 9.09. The predicted octanol–water partition coefficient (Wildman–Crippen LogP) is -0.494. The van der Waals surface area contributed by atoms with Gasteiger partial charge in [-0.05, 0) is 42.7 Å². The Morgan fingerprint density at radius 2 is 1.89 bits per heavy atom. The van der Waals surface area contributed by atoms with Gasteiger partial charge in [0.25, 0.3) is 0 Å². The molecule has 5 N–H and O–H groups in total. The van der Waals surface area contributed by atoms with Crippen LogP contribution in [0.3, 0.4) is 0 Å². The molecule has 7 atom stereocenters. The molecular formula is C19H32O8. The average Bonchev–Trinajstić information content (AvgIpc) is 2.59. The molecule has 1 saturated heterocycles. The second-order valence-corrected chi connectivity index (χ2v) is 8.28. The van der Waals surface area contributed by atoms with Crippen molar-refractivity contribution in [3.8, 4) is 0 Å². The third-order valence-electron chi connectivity index (χ3n) is 5.63. The van der Waals surface area contributed by atoms with Crippen LogP contribution >= 0.6 is 0 Å². The number of aliphatic hydroxyl groups excluding tert-OH is 5. The highest BCUT2D eigenvalue weighted by molar-refractivity contribution is 5.92. The summed E-state index contributed by atoms with van der Waals surface area (Å²) in [6.45, 7) is 5.13. The molecule has 8 heteroatoms. The quantitative estimate of drug-likeness (QED) is 0.394. The molecule has 0 radical (unpaired) electrons. The Kier molecular flexibility index (Phi) is 7.54. The average molecular weight is 388 g/mol. The molecule has 1 fully saturated rings. The Labute approximate surface area is 159 Å². The van der Waals surface area contributed by atoms with Gasteiger partial charge in [-0.1, -0.05) is 13.8 Å². The van der Waals surface area contributed by atoms with Gasteiger partial charge < -0.3 is 35.0 Å². The number of hydrogen-bond acceptors (Lipinski definition) is 8. The Hall–Kier alpha value is -0.870. The summed E-state index contributed by atoms with van der Waals surface area (Å²) in [6.07, 6.45) is -3.64. The summed E-state index contributed by atoms with van der Waals surface area (Å²) in [5.41, 5.74) is 0.448. The molecule has 0 aromatic rings. The van der Waals surface area contributed by atoms with Crippen molar-refractivity contribution >= 4 is 5.78 Å². The van der Waals surface area contributed by atoms with E-state index in [1.807, 2.05) is 13.8 Å². The first kappa shape index (κ1) is 22.4. The van der Waals surface area contributed by atoms with Gasteiger partial charge in [-0.3, -0.25) is 4.79 Å². The zero-order chi connectivity index (χ0) is 20.4. The predicted molar refractivity (Wildman–Crippen MR) is 95.6 cm³/mol. The van der Waals surface area contributed by atoms with Crippen molar-refractivity contribution in [3.63, 3.8) is 0 Å². The molecule has 1 aliphatic carbocycles. The molecule has 0 bridgehead atoms. The zero-order valence-electron chi connectivity index (χ0n) is 16.1. The lowest BCUT2D eigenvalue weighted by molar-refractivity contribution is -0.310. The number of carbonyl (C=O) groups excluding carboxylic acids is 1. The van der Waals surface area contributed by atoms with Gasteiger partial charge >= 0.3 is 0 Å².